The summed E-state index contributed by atoms with van der Waals surface area (Å²) in [5, 5.41) is 0. The average molecular weight is 281 g/mol. The van der Waals surface area contributed by atoms with Gasteiger partial charge in [-0.15, -0.1) is 0 Å². The molecule has 3 N–H and O–H groups in total. The van der Waals surface area contributed by atoms with Gasteiger partial charge in [-0.1, -0.05) is 22.0 Å². The summed E-state index contributed by atoms with van der Waals surface area (Å²) in [4.78, 5) is 10.6. The van der Waals surface area contributed by atoms with Crippen LogP contribution in [0.4, 0.5) is 8.78 Å². The molecule has 0 atom stereocenters. The fraction of sp³-hybridized carbons (Fsp3) is 0.125. The van der Waals surface area contributed by atoms with Crippen LogP contribution in [-0.4, -0.2) is 12.0 Å². The van der Waals surface area contributed by atoms with Crippen LogP contribution in [0, 0.1) is 0 Å². The molecule has 1 aromatic rings. The van der Waals surface area contributed by atoms with Gasteiger partial charge < -0.3 is 4.74 Å². The van der Waals surface area contributed by atoms with Gasteiger partial charge in [0, 0.05) is 4.47 Å². The Kier molecular flexibility index (Phi) is 3.59. The Bertz CT molecular complexity index is 373. The molecule has 0 radical (unpaired) electrons. The normalized spacial score (nSPS) is 10.9. The van der Waals surface area contributed by atoms with Gasteiger partial charge in [0.15, 0.2) is 0 Å². The highest BCUT2D eigenvalue weighted by atomic mass is 79.9. The Hall–Kier alpha value is -1.21. The summed E-state index contributed by atoms with van der Waals surface area (Å²) in [5.41, 5.74) is 1.31. The number of halogens is 3. The number of nitrogens with one attached hydrogen (secondary N) is 1. The van der Waals surface area contributed by atoms with Crippen molar-refractivity contribution in [2.45, 2.75) is 6.11 Å². The van der Waals surface area contributed by atoms with E-state index in [1.54, 1.807) is 6.07 Å². The van der Waals surface area contributed by atoms with E-state index in [9.17, 15) is 13.6 Å². The van der Waals surface area contributed by atoms with Crippen molar-refractivity contribution in [1.29, 1.82) is 0 Å². The van der Waals surface area contributed by atoms with Crippen molar-refractivity contribution >= 4 is 21.8 Å². The van der Waals surface area contributed by atoms with E-state index < -0.39 is 12.0 Å². The van der Waals surface area contributed by atoms with E-state index in [2.05, 4.69) is 26.5 Å². The molecule has 0 aliphatic rings. The molecule has 0 fully saturated rings. The predicted octanol–water partition coefficient (Wildman–Crippen LogP) is 1.41. The van der Waals surface area contributed by atoms with Crippen molar-refractivity contribution in [3.05, 3.63) is 28.7 Å². The number of hydrazine groups is 1. The minimum absolute atomic E-state index is 0.141. The third kappa shape index (κ3) is 3.14. The van der Waals surface area contributed by atoms with Gasteiger partial charge in [0.25, 0.3) is 0 Å². The van der Waals surface area contributed by atoms with Crippen LogP contribution in [-0.2, 0) is 4.79 Å². The zero-order chi connectivity index (χ0) is 11.5. The zero-order valence-corrected chi connectivity index (χ0v) is 8.92. The SMILES string of the molecule is NNC(=O)C(F)(F)Oc1cccc(Br)c1. The predicted molar refractivity (Wildman–Crippen MR) is 52.0 cm³/mol. The second-order valence-corrected chi connectivity index (χ2v) is 3.47. The molecular weight excluding hydrogens is 274 g/mol. The number of nitrogens with two attached hydrogens (primary N) is 1. The van der Waals surface area contributed by atoms with Crippen molar-refractivity contribution in [3.63, 3.8) is 0 Å². The first-order valence-electron chi connectivity index (χ1n) is 3.79. The molecule has 0 saturated heterocycles. The highest BCUT2D eigenvalue weighted by Crippen LogP contribution is 2.24. The molecule has 4 nitrogen and oxygen atoms in total. The standard InChI is InChI=1S/C8H7BrF2N2O2/c9-5-2-1-3-6(4-5)15-8(10,11)7(14)13-12/h1-4H,12H2,(H,13,14). The van der Waals surface area contributed by atoms with Gasteiger partial charge in [-0.25, -0.2) is 5.84 Å². The lowest BCUT2D eigenvalue weighted by atomic mass is 10.3. The van der Waals surface area contributed by atoms with Crippen LogP contribution in [0.1, 0.15) is 0 Å². The second-order valence-electron chi connectivity index (χ2n) is 2.55. The maximum atomic E-state index is 12.9. The lowest BCUT2D eigenvalue weighted by molar-refractivity contribution is -0.192. The molecule has 0 heterocycles. The van der Waals surface area contributed by atoms with Gasteiger partial charge in [0.2, 0.25) is 0 Å². The van der Waals surface area contributed by atoms with Gasteiger partial charge in [-0.05, 0) is 18.2 Å². The fourth-order valence-corrected chi connectivity index (χ4v) is 1.19. The van der Waals surface area contributed by atoms with Crippen LogP contribution in [0.3, 0.4) is 0 Å². The van der Waals surface area contributed by atoms with Crippen LogP contribution < -0.4 is 16.0 Å². The third-order valence-corrected chi connectivity index (χ3v) is 1.93. The van der Waals surface area contributed by atoms with Crippen molar-refractivity contribution in [1.82, 2.24) is 5.43 Å². The van der Waals surface area contributed by atoms with Crippen molar-refractivity contribution in [3.8, 4) is 5.75 Å². The molecule has 7 heteroatoms. The largest absolute Gasteiger partial charge is 0.483 e. The minimum Gasteiger partial charge on any atom is -0.425 e. The lowest BCUT2D eigenvalue weighted by Crippen LogP contribution is -2.47. The van der Waals surface area contributed by atoms with Gasteiger partial charge in [0.05, 0.1) is 0 Å². The first-order valence-corrected chi connectivity index (χ1v) is 4.58. The van der Waals surface area contributed by atoms with E-state index >= 15 is 0 Å². The molecular formula is C8H7BrF2N2O2. The van der Waals surface area contributed by atoms with Gasteiger partial charge in [-0.3, -0.25) is 10.2 Å². The molecule has 0 aromatic heterocycles. The third-order valence-electron chi connectivity index (χ3n) is 1.44. The topological polar surface area (TPSA) is 64.3 Å². The molecule has 15 heavy (non-hydrogen) atoms. The number of carbonyl (C=O) groups excluding carboxylic acids is 1. The van der Waals surface area contributed by atoms with E-state index in [1.165, 1.54) is 23.6 Å². The molecule has 1 amide bonds. The molecule has 1 aromatic carbocycles. The maximum Gasteiger partial charge on any atom is 0.483 e. The lowest BCUT2D eigenvalue weighted by Gasteiger charge is -2.15. The summed E-state index contributed by atoms with van der Waals surface area (Å²) < 4.78 is 30.6. The zero-order valence-electron chi connectivity index (χ0n) is 7.34. The van der Waals surface area contributed by atoms with Gasteiger partial charge in [0.1, 0.15) is 5.75 Å². The smallest absolute Gasteiger partial charge is 0.425 e. The summed E-state index contributed by atoms with van der Waals surface area (Å²) >= 11 is 3.07. The van der Waals surface area contributed by atoms with Gasteiger partial charge in [-0.2, -0.15) is 8.78 Å². The first kappa shape index (κ1) is 11.9. The summed E-state index contributed by atoms with van der Waals surface area (Å²) in [6.07, 6.45) is -3.99. The van der Waals surface area contributed by atoms with Crippen LogP contribution in [0.2, 0.25) is 0 Å². The average Bonchev–Trinajstić information content (AvgIpc) is 2.15. The van der Waals surface area contributed by atoms with Gasteiger partial charge >= 0.3 is 12.0 Å². The Morgan fingerprint density at radius 1 is 1.53 bits per heavy atom. The molecule has 0 unspecified atom stereocenters. The van der Waals surface area contributed by atoms with Crippen molar-refractivity contribution in [2.24, 2.45) is 5.84 Å². The summed E-state index contributed by atoms with van der Waals surface area (Å²) in [5.74, 6) is 2.73. The number of hydrogen-bond acceptors (Lipinski definition) is 3. The molecule has 0 aliphatic carbocycles. The molecule has 1 rings (SSSR count). The molecule has 82 valence electrons. The number of carbonyl (C=O) groups is 1. The molecule has 0 aliphatic heterocycles. The number of ether oxygens (including phenoxy) is 1. The Labute approximate surface area is 92.5 Å². The quantitative estimate of drug-likeness (QED) is 0.500. The van der Waals surface area contributed by atoms with Crippen LogP contribution in [0.25, 0.3) is 0 Å². The summed E-state index contributed by atoms with van der Waals surface area (Å²) in [7, 11) is 0. The van der Waals surface area contributed by atoms with Crippen LogP contribution in [0.15, 0.2) is 28.7 Å². The second kappa shape index (κ2) is 4.54. The Balaban J connectivity index is 2.81. The molecule has 0 saturated carbocycles. The van der Waals surface area contributed by atoms with E-state index in [4.69, 9.17) is 0 Å². The summed E-state index contributed by atoms with van der Waals surface area (Å²) in [6.45, 7) is 0. The fourth-order valence-electron chi connectivity index (χ4n) is 0.809. The van der Waals surface area contributed by atoms with E-state index in [0.717, 1.165) is 0 Å². The first-order chi connectivity index (χ1) is 6.95. The van der Waals surface area contributed by atoms with E-state index in [0.29, 0.717) is 4.47 Å². The van der Waals surface area contributed by atoms with E-state index in [1.807, 2.05) is 0 Å². The van der Waals surface area contributed by atoms with Crippen molar-refractivity contribution < 1.29 is 18.3 Å². The minimum atomic E-state index is -3.99. The number of amides is 1. The van der Waals surface area contributed by atoms with Crippen LogP contribution in [0.5, 0.6) is 5.75 Å². The number of hydrogen-bond donors (Lipinski definition) is 2. The maximum absolute atomic E-state index is 12.9. The molecule has 0 spiro atoms. The van der Waals surface area contributed by atoms with E-state index in [-0.39, 0.29) is 5.75 Å². The Morgan fingerprint density at radius 3 is 2.73 bits per heavy atom. The molecule has 0 bridgehead atoms. The number of alkyl halides is 2. The highest BCUT2D eigenvalue weighted by Gasteiger charge is 2.41. The monoisotopic (exact) mass is 280 g/mol. The van der Waals surface area contributed by atoms with Crippen molar-refractivity contribution in [2.75, 3.05) is 0 Å². The van der Waals surface area contributed by atoms with Crippen LogP contribution >= 0.6 is 15.9 Å². The number of rotatable bonds is 3. The summed E-state index contributed by atoms with van der Waals surface area (Å²) in [6, 6.07) is 5.73. The number of benzene rings is 1. The highest BCUT2D eigenvalue weighted by molar-refractivity contribution is 9.10. The Morgan fingerprint density at radius 2 is 2.20 bits per heavy atom.